The molecule has 1 heterocycles. The van der Waals surface area contributed by atoms with E-state index in [0.29, 0.717) is 11.6 Å². The van der Waals surface area contributed by atoms with Crippen molar-refractivity contribution >= 4 is 11.6 Å². The molecule has 0 unspecified atom stereocenters. The molecule has 0 aliphatic rings. The molecule has 0 fully saturated rings. The molecule has 0 aliphatic heterocycles. The Kier molecular flexibility index (Phi) is 4.58. The molecule has 4 nitrogen and oxygen atoms in total. The summed E-state index contributed by atoms with van der Waals surface area (Å²) in [5.74, 6) is 1.21. The molecule has 21 heavy (non-hydrogen) atoms. The summed E-state index contributed by atoms with van der Waals surface area (Å²) < 4.78 is 5.77. The number of benzene rings is 1. The molecule has 0 spiro atoms. The highest BCUT2D eigenvalue weighted by Crippen LogP contribution is 2.25. The van der Waals surface area contributed by atoms with Crippen molar-refractivity contribution in [1.82, 2.24) is 4.98 Å². The van der Waals surface area contributed by atoms with E-state index in [9.17, 15) is 4.79 Å². The van der Waals surface area contributed by atoms with Crippen LogP contribution in [0.15, 0.2) is 36.5 Å². The van der Waals surface area contributed by atoms with E-state index >= 15 is 0 Å². The number of carbonyl (C=O) groups excluding carboxylic acids is 1. The van der Waals surface area contributed by atoms with Crippen molar-refractivity contribution in [3.05, 3.63) is 47.7 Å². The number of hydrogen-bond acceptors (Lipinski definition) is 3. The molecule has 0 aliphatic carbocycles. The fourth-order valence-electron chi connectivity index (χ4n) is 1.73. The van der Waals surface area contributed by atoms with E-state index in [-0.39, 0.29) is 11.8 Å². The van der Waals surface area contributed by atoms with Crippen molar-refractivity contribution < 1.29 is 9.53 Å². The molecule has 110 valence electrons. The van der Waals surface area contributed by atoms with Gasteiger partial charge in [-0.2, -0.15) is 0 Å². The fraction of sp³-hybridized carbons (Fsp3) is 0.294. The van der Waals surface area contributed by atoms with Gasteiger partial charge in [0.05, 0.1) is 11.9 Å². The van der Waals surface area contributed by atoms with Crippen LogP contribution < -0.4 is 10.1 Å². The first-order chi connectivity index (χ1) is 9.95. The highest BCUT2D eigenvalue weighted by Gasteiger charge is 2.08. The first-order valence-electron chi connectivity index (χ1n) is 6.97. The van der Waals surface area contributed by atoms with Crippen molar-refractivity contribution in [2.75, 3.05) is 5.32 Å². The minimum Gasteiger partial charge on any atom is -0.439 e. The number of hydrogen-bond donors (Lipinski definition) is 1. The molecule has 2 aromatic rings. The van der Waals surface area contributed by atoms with E-state index in [1.54, 1.807) is 18.3 Å². The number of nitrogens with zero attached hydrogens (tertiary/aromatic N) is 1. The van der Waals surface area contributed by atoms with E-state index in [0.717, 1.165) is 16.9 Å². The second-order valence-corrected chi connectivity index (χ2v) is 5.40. The molecule has 2 rings (SSSR count). The molecule has 0 bridgehead atoms. The van der Waals surface area contributed by atoms with Gasteiger partial charge in [0.2, 0.25) is 11.8 Å². The third-order valence-electron chi connectivity index (χ3n) is 3.09. The zero-order valence-electron chi connectivity index (χ0n) is 12.8. The highest BCUT2D eigenvalue weighted by molar-refractivity contribution is 5.91. The van der Waals surface area contributed by atoms with Crippen molar-refractivity contribution in [3.8, 4) is 11.6 Å². The maximum absolute atomic E-state index is 11.6. The lowest BCUT2D eigenvalue weighted by Crippen LogP contribution is -2.17. The van der Waals surface area contributed by atoms with Gasteiger partial charge < -0.3 is 10.1 Å². The van der Waals surface area contributed by atoms with Gasteiger partial charge in [-0.3, -0.25) is 4.79 Å². The summed E-state index contributed by atoms with van der Waals surface area (Å²) in [6.45, 7) is 7.71. The number of ether oxygens (including phenoxy) is 1. The summed E-state index contributed by atoms with van der Waals surface area (Å²) >= 11 is 0. The summed E-state index contributed by atoms with van der Waals surface area (Å²) in [5.41, 5.74) is 2.86. The molecule has 0 atom stereocenters. The van der Waals surface area contributed by atoms with E-state index in [1.165, 1.54) is 0 Å². The van der Waals surface area contributed by atoms with Gasteiger partial charge >= 0.3 is 0 Å². The molecular weight excluding hydrogens is 264 g/mol. The normalized spacial score (nSPS) is 10.5. The number of rotatable bonds is 4. The summed E-state index contributed by atoms with van der Waals surface area (Å²) in [6, 6.07) is 9.57. The number of nitrogens with one attached hydrogen (secondary N) is 1. The Bertz CT molecular complexity index is 634. The maximum atomic E-state index is 11.6. The second kappa shape index (κ2) is 6.39. The first-order valence-corrected chi connectivity index (χ1v) is 6.97. The summed E-state index contributed by atoms with van der Waals surface area (Å²) in [6.07, 6.45) is 1.60. The van der Waals surface area contributed by atoms with E-state index < -0.39 is 0 Å². The van der Waals surface area contributed by atoms with E-state index in [2.05, 4.69) is 10.3 Å². The first kappa shape index (κ1) is 15.0. The van der Waals surface area contributed by atoms with Gasteiger partial charge in [0.1, 0.15) is 5.75 Å². The van der Waals surface area contributed by atoms with Crippen LogP contribution in [0.5, 0.6) is 11.6 Å². The van der Waals surface area contributed by atoms with Crippen LogP contribution in [-0.4, -0.2) is 10.9 Å². The zero-order valence-corrected chi connectivity index (χ0v) is 12.8. The lowest BCUT2D eigenvalue weighted by atomic mass is 10.1. The van der Waals surface area contributed by atoms with Crippen molar-refractivity contribution in [2.45, 2.75) is 27.7 Å². The predicted octanol–water partition coefficient (Wildman–Crippen LogP) is 4.09. The SMILES string of the molecule is Cc1ccc(C)c(Oc2ccc(NC(=O)C(C)C)cn2)c1. The van der Waals surface area contributed by atoms with Crippen LogP contribution in [0.25, 0.3) is 0 Å². The molecule has 4 heteroatoms. The Morgan fingerprint density at radius 3 is 2.57 bits per heavy atom. The molecule has 1 aromatic carbocycles. The Balaban J connectivity index is 2.09. The standard InChI is InChI=1S/C17H20N2O2/c1-11(2)17(20)19-14-7-8-16(18-10-14)21-15-9-12(3)5-6-13(15)4/h5-11H,1-4H3,(H,19,20). The van der Waals surface area contributed by atoms with Crippen LogP contribution in [0.1, 0.15) is 25.0 Å². The summed E-state index contributed by atoms with van der Waals surface area (Å²) in [5, 5.41) is 2.80. The zero-order chi connectivity index (χ0) is 15.4. The maximum Gasteiger partial charge on any atom is 0.226 e. The quantitative estimate of drug-likeness (QED) is 0.920. The topological polar surface area (TPSA) is 51.2 Å². The van der Waals surface area contributed by atoms with E-state index in [4.69, 9.17) is 4.74 Å². The third kappa shape index (κ3) is 4.05. The number of amides is 1. The predicted molar refractivity (Wildman–Crippen MR) is 83.7 cm³/mol. The fourth-order valence-corrected chi connectivity index (χ4v) is 1.73. The average Bonchev–Trinajstić information content (AvgIpc) is 2.45. The number of aryl methyl sites for hydroxylation is 2. The Labute approximate surface area is 125 Å². The van der Waals surface area contributed by atoms with Gasteiger partial charge in [-0.25, -0.2) is 4.98 Å². The van der Waals surface area contributed by atoms with Gasteiger partial charge in [-0.05, 0) is 37.1 Å². The van der Waals surface area contributed by atoms with Crippen LogP contribution in [0.2, 0.25) is 0 Å². The number of carbonyl (C=O) groups is 1. The number of aromatic nitrogens is 1. The van der Waals surface area contributed by atoms with Gasteiger partial charge in [0.25, 0.3) is 0 Å². The Hall–Kier alpha value is -2.36. The molecule has 0 radical (unpaired) electrons. The molecular formula is C17H20N2O2. The molecule has 1 amide bonds. The van der Waals surface area contributed by atoms with Crippen LogP contribution >= 0.6 is 0 Å². The van der Waals surface area contributed by atoms with Crippen molar-refractivity contribution in [2.24, 2.45) is 5.92 Å². The average molecular weight is 284 g/mol. The van der Waals surface area contributed by atoms with Crippen molar-refractivity contribution in [1.29, 1.82) is 0 Å². The van der Waals surface area contributed by atoms with Gasteiger partial charge in [0.15, 0.2) is 0 Å². The summed E-state index contributed by atoms with van der Waals surface area (Å²) in [7, 11) is 0. The lowest BCUT2D eigenvalue weighted by Gasteiger charge is -2.10. The minimum atomic E-state index is -0.0594. The number of anilines is 1. The monoisotopic (exact) mass is 284 g/mol. The second-order valence-electron chi connectivity index (χ2n) is 5.40. The largest absolute Gasteiger partial charge is 0.439 e. The summed E-state index contributed by atoms with van der Waals surface area (Å²) in [4.78, 5) is 15.8. The third-order valence-corrected chi connectivity index (χ3v) is 3.09. The van der Waals surface area contributed by atoms with Crippen LogP contribution in [0.4, 0.5) is 5.69 Å². The molecule has 0 saturated heterocycles. The van der Waals surface area contributed by atoms with Gasteiger partial charge in [-0.15, -0.1) is 0 Å². The van der Waals surface area contributed by atoms with Crippen LogP contribution in [-0.2, 0) is 4.79 Å². The number of pyridine rings is 1. The van der Waals surface area contributed by atoms with Crippen LogP contribution in [0, 0.1) is 19.8 Å². The van der Waals surface area contributed by atoms with E-state index in [1.807, 2.05) is 45.9 Å². The Morgan fingerprint density at radius 1 is 1.19 bits per heavy atom. The highest BCUT2D eigenvalue weighted by atomic mass is 16.5. The minimum absolute atomic E-state index is 0.0278. The molecule has 1 N–H and O–H groups in total. The Morgan fingerprint density at radius 2 is 1.95 bits per heavy atom. The molecule has 1 aromatic heterocycles. The smallest absolute Gasteiger partial charge is 0.226 e. The van der Waals surface area contributed by atoms with Crippen LogP contribution in [0.3, 0.4) is 0 Å². The molecule has 0 saturated carbocycles. The van der Waals surface area contributed by atoms with Gasteiger partial charge in [0, 0.05) is 12.0 Å². The lowest BCUT2D eigenvalue weighted by molar-refractivity contribution is -0.118. The van der Waals surface area contributed by atoms with Crippen molar-refractivity contribution in [3.63, 3.8) is 0 Å². The van der Waals surface area contributed by atoms with Gasteiger partial charge in [-0.1, -0.05) is 26.0 Å².